The fraction of sp³-hybridized carbons (Fsp3) is 0.200. The summed E-state index contributed by atoms with van der Waals surface area (Å²) >= 11 is 11.7. The van der Waals surface area contributed by atoms with Crippen molar-refractivity contribution in [1.29, 1.82) is 0 Å². The zero-order valence-electron chi connectivity index (χ0n) is 10.7. The molecule has 0 aliphatic rings. The van der Waals surface area contributed by atoms with Crippen LogP contribution in [0.4, 0.5) is 4.39 Å². The first-order valence-corrected chi connectivity index (χ1v) is 6.72. The predicted octanol–water partition coefficient (Wildman–Crippen LogP) is 4.42. The monoisotopic (exact) mass is 314 g/mol. The van der Waals surface area contributed by atoms with E-state index in [9.17, 15) is 9.50 Å². The highest BCUT2D eigenvalue weighted by atomic mass is 35.5. The molecule has 0 fully saturated rings. The van der Waals surface area contributed by atoms with Gasteiger partial charge in [-0.2, -0.15) is 0 Å². The van der Waals surface area contributed by atoms with Crippen molar-refractivity contribution in [3.63, 3.8) is 0 Å². The zero-order valence-corrected chi connectivity index (χ0v) is 12.2. The molecule has 106 valence electrons. The van der Waals surface area contributed by atoms with Crippen LogP contribution in [-0.4, -0.2) is 12.2 Å². The Labute approximate surface area is 126 Å². The minimum absolute atomic E-state index is 0.102. The fourth-order valence-electron chi connectivity index (χ4n) is 1.98. The summed E-state index contributed by atoms with van der Waals surface area (Å²) in [6.07, 6.45) is -0.806. The van der Waals surface area contributed by atoms with Gasteiger partial charge in [0.05, 0.1) is 13.2 Å². The Bertz CT molecular complexity index is 617. The van der Waals surface area contributed by atoms with Crippen molar-refractivity contribution in [1.82, 2.24) is 0 Å². The summed E-state index contributed by atoms with van der Waals surface area (Å²) in [5.74, 6) is 0.0637. The third kappa shape index (κ3) is 3.42. The molecule has 0 radical (unpaired) electrons. The number of aliphatic hydroxyl groups excluding tert-OH is 1. The van der Waals surface area contributed by atoms with E-state index in [1.807, 2.05) is 0 Å². The van der Waals surface area contributed by atoms with Gasteiger partial charge >= 0.3 is 0 Å². The molecule has 0 aromatic heterocycles. The van der Waals surface area contributed by atoms with Crippen molar-refractivity contribution in [3.8, 4) is 5.75 Å². The van der Waals surface area contributed by atoms with Crippen molar-refractivity contribution in [3.05, 3.63) is 63.4 Å². The molecule has 0 bridgehead atoms. The Morgan fingerprint density at radius 2 is 1.80 bits per heavy atom. The van der Waals surface area contributed by atoms with Gasteiger partial charge in [-0.25, -0.2) is 4.39 Å². The first-order chi connectivity index (χ1) is 9.51. The molecule has 0 saturated heterocycles. The minimum Gasteiger partial charge on any atom is -0.496 e. The van der Waals surface area contributed by atoms with E-state index in [0.29, 0.717) is 26.9 Å². The summed E-state index contributed by atoms with van der Waals surface area (Å²) in [4.78, 5) is 0. The Kier molecular flexibility index (Phi) is 4.86. The standard InChI is InChI=1S/C15H13Cl2FO2/c1-20-15-8-11(17)2-4-12(15)14(19)7-9-6-10(16)3-5-13(9)18/h2-6,8,14,19H,7H2,1H3. The molecule has 0 amide bonds. The van der Waals surface area contributed by atoms with Gasteiger partial charge in [-0.05, 0) is 35.9 Å². The van der Waals surface area contributed by atoms with E-state index in [1.54, 1.807) is 18.2 Å². The molecule has 2 rings (SSSR count). The fourth-order valence-corrected chi connectivity index (χ4v) is 2.34. The van der Waals surface area contributed by atoms with Crippen LogP contribution in [0.1, 0.15) is 17.2 Å². The Hall–Kier alpha value is -1.29. The zero-order chi connectivity index (χ0) is 14.7. The van der Waals surface area contributed by atoms with Crippen LogP contribution in [0.3, 0.4) is 0 Å². The average Bonchev–Trinajstić information content (AvgIpc) is 2.42. The van der Waals surface area contributed by atoms with Crippen molar-refractivity contribution < 1.29 is 14.2 Å². The van der Waals surface area contributed by atoms with Gasteiger partial charge < -0.3 is 9.84 Å². The molecule has 0 saturated carbocycles. The van der Waals surface area contributed by atoms with E-state index < -0.39 is 11.9 Å². The highest BCUT2D eigenvalue weighted by Crippen LogP contribution is 2.31. The second-order valence-corrected chi connectivity index (χ2v) is 5.21. The molecular formula is C15H13Cl2FO2. The third-order valence-electron chi connectivity index (χ3n) is 2.98. The van der Waals surface area contributed by atoms with E-state index in [-0.39, 0.29) is 6.42 Å². The normalized spacial score (nSPS) is 12.2. The van der Waals surface area contributed by atoms with Crippen molar-refractivity contribution in [2.24, 2.45) is 0 Å². The van der Waals surface area contributed by atoms with E-state index in [2.05, 4.69) is 0 Å². The largest absolute Gasteiger partial charge is 0.496 e. The summed E-state index contributed by atoms with van der Waals surface area (Å²) < 4.78 is 18.8. The van der Waals surface area contributed by atoms with Gasteiger partial charge in [-0.3, -0.25) is 0 Å². The van der Waals surface area contributed by atoms with Gasteiger partial charge in [0, 0.05) is 22.0 Å². The molecule has 1 unspecified atom stereocenters. The number of benzene rings is 2. The molecule has 0 aliphatic heterocycles. The Morgan fingerprint density at radius 1 is 1.15 bits per heavy atom. The number of ether oxygens (including phenoxy) is 1. The van der Waals surface area contributed by atoms with Gasteiger partial charge in [-0.15, -0.1) is 0 Å². The number of hydrogen-bond acceptors (Lipinski definition) is 2. The summed E-state index contributed by atoms with van der Waals surface area (Å²) in [6.45, 7) is 0. The molecule has 1 N–H and O–H groups in total. The molecule has 2 nitrogen and oxygen atoms in total. The van der Waals surface area contributed by atoms with Crippen LogP contribution >= 0.6 is 23.2 Å². The topological polar surface area (TPSA) is 29.5 Å². The summed E-state index contributed by atoms with van der Waals surface area (Å²) in [5.41, 5.74) is 0.901. The van der Waals surface area contributed by atoms with Crippen molar-refractivity contribution in [2.75, 3.05) is 7.11 Å². The first kappa shape index (κ1) is 15.1. The average molecular weight is 315 g/mol. The van der Waals surface area contributed by atoms with Crippen LogP contribution in [0.25, 0.3) is 0 Å². The number of halogens is 3. The van der Waals surface area contributed by atoms with Crippen LogP contribution in [0, 0.1) is 5.82 Å². The lowest BCUT2D eigenvalue weighted by Gasteiger charge is -2.15. The van der Waals surface area contributed by atoms with Crippen LogP contribution in [0.5, 0.6) is 5.75 Å². The number of hydrogen-bond donors (Lipinski definition) is 1. The third-order valence-corrected chi connectivity index (χ3v) is 3.45. The first-order valence-electron chi connectivity index (χ1n) is 5.96. The molecule has 2 aromatic rings. The van der Waals surface area contributed by atoms with Crippen LogP contribution in [0.15, 0.2) is 36.4 Å². The predicted molar refractivity (Wildman–Crippen MR) is 78.1 cm³/mol. The smallest absolute Gasteiger partial charge is 0.126 e. The molecule has 2 aromatic carbocycles. The van der Waals surface area contributed by atoms with Gasteiger partial charge in [0.25, 0.3) is 0 Å². The maximum Gasteiger partial charge on any atom is 0.126 e. The van der Waals surface area contributed by atoms with Crippen molar-refractivity contribution >= 4 is 23.2 Å². The van der Waals surface area contributed by atoms with E-state index >= 15 is 0 Å². The second kappa shape index (κ2) is 6.44. The molecular weight excluding hydrogens is 302 g/mol. The highest BCUT2D eigenvalue weighted by molar-refractivity contribution is 6.31. The van der Waals surface area contributed by atoms with E-state index in [4.69, 9.17) is 27.9 Å². The van der Waals surface area contributed by atoms with E-state index in [0.717, 1.165) is 0 Å². The van der Waals surface area contributed by atoms with Gasteiger partial charge in [0.15, 0.2) is 0 Å². The Balaban J connectivity index is 2.28. The maximum atomic E-state index is 13.7. The maximum absolute atomic E-state index is 13.7. The quantitative estimate of drug-likeness (QED) is 0.905. The number of aliphatic hydroxyl groups is 1. The molecule has 0 spiro atoms. The molecule has 0 heterocycles. The molecule has 1 atom stereocenters. The van der Waals surface area contributed by atoms with E-state index in [1.165, 1.54) is 25.3 Å². The molecule has 0 aliphatic carbocycles. The summed E-state index contributed by atoms with van der Waals surface area (Å²) in [7, 11) is 1.49. The lowest BCUT2D eigenvalue weighted by Crippen LogP contribution is -2.05. The number of methoxy groups -OCH3 is 1. The molecule has 20 heavy (non-hydrogen) atoms. The Morgan fingerprint density at radius 3 is 2.50 bits per heavy atom. The lowest BCUT2D eigenvalue weighted by molar-refractivity contribution is 0.173. The van der Waals surface area contributed by atoms with Crippen LogP contribution in [-0.2, 0) is 6.42 Å². The second-order valence-electron chi connectivity index (χ2n) is 4.34. The molecule has 5 heteroatoms. The number of rotatable bonds is 4. The van der Waals surface area contributed by atoms with Crippen LogP contribution in [0.2, 0.25) is 10.0 Å². The van der Waals surface area contributed by atoms with Gasteiger partial charge in [0.1, 0.15) is 11.6 Å². The van der Waals surface area contributed by atoms with Gasteiger partial charge in [-0.1, -0.05) is 29.3 Å². The summed E-state index contributed by atoms with van der Waals surface area (Å²) in [6, 6.07) is 9.17. The summed E-state index contributed by atoms with van der Waals surface area (Å²) in [5, 5.41) is 11.2. The minimum atomic E-state index is -0.907. The lowest BCUT2D eigenvalue weighted by atomic mass is 10.0. The SMILES string of the molecule is COc1cc(Cl)ccc1C(O)Cc1cc(Cl)ccc1F. The van der Waals surface area contributed by atoms with Gasteiger partial charge in [0.2, 0.25) is 0 Å². The van der Waals surface area contributed by atoms with Crippen molar-refractivity contribution in [2.45, 2.75) is 12.5 Å². The highest BCUT2D eigenvalue weighted by Gasteiger charge is 2.16. The van der Waals surface area contributed by atoms with Crippen LogP contribution < -0.4 is 4.74 Å².